The first-order valence-electron chi connectivity index (χ1n) is 8.77. The maximum Gasteiger partial charge on any atom is 0.491 e. The van der Waals surface area contributed by atoms with Crippen molar-refractivity contribution < 1.29 is 43.1 Å². The third-order valence-electron chi connectivity index (χ3n) is 3.79. The fourth-order valence-corrected chi connectivity index (χ4v) is 3.25. The Morgan fingerprint density at radius 3 is 2.52 bits per heavy atom. The number of rotatable bonds is 10. The molecule has 0 spiro atoms. The molecule has 1 saturated heterocycles. The van der Waals surface area contributed by atoms with Gasteiger partial charge in [0.2, 0.25) is 0 Å². The smallest absolute Gasteiger partial charge is 0.454 e. The van der Waals surface area contributed by atoms with Crippen molar-refractivity contribution in [3.63, 3.8) is 0 Å². The van der Waals surface area contributed by atoms with E-state index in [9.17, 15) is 24.1 Å². The van der Waals surface area contributed by atoms with Crippen LogP contribution in [0.3, 0.4) is 0 Å². The van der Waals surface area contributed by atoms with Crippen LogP contribution >= 0.6 is 7.60 Å². The largest absolute Gasteiger partial charge is 0.491 e. The van der Waals surface area contributed by atoms with Gasteiger partial charge in [-0.2, -0.15) is 0 Å². The number of hydrogen-bond donors (Lipinski definition) is 2. The molecule has 13 nitrogen and oxygen atoms in total. The van der Waals surface area contributed by atoms with Gasteiger partial charge in [-0.15, -0.1) is 9.35 Å². The third kappa shape index (κ3) is 5.82. The predicted octanol–water partition coefficient (Wildman–Crippen LogP) is 0.759. The van der Waals surface area contributed by atoms with E-state index in [0.29, 0.717) is 0 Å². The SMILES string of the molecule is CCOOP(=O)(OOCC)C(=O)OC[C@H]1O[C@@H](n2cc(C)c(=O)[nH]c2=O)C[C@@H]1O. The van der Waals surface area contributed by atoms with Crippen LogP contribution in [0.1, 0.15) is 32.1 Å². The number of aliphatic hydroxyl groups excluding tert-OH is 1. The van der Waals surface area contributed by atoms with Crippen LogP contribution in [0.25, 0.3) is 0 Å². The Labute approximate surface area is 164 Å². The minimum absolute atomic E-state index is 0.00381. The van der Waals surface area contributed by atoms with Gasteiger partial charge in [-0.25, -0.2) is 23.9 Å². The number of nitrogens with one attached hydrogen (secondary N) is 1. The molecule has 0 aromatic carbocycles. The summed E-state index contributed by atoms with van der Waals surface area (Å²) in [6, 6.07) is 0. The second-order valence-corrected chi connectivity index (χ2v) is 7.61. The summed E-state index contributed by atoms with van der Waals surface area (Å²) in [4.78, 5) is 46.7. The highest BCUT2D eigenvalue weighted by molar-refractivity contribution is 7.71. The van der Waals surface area contributed by atoms with Crippen LogP contribution < -0.4 is 11.2 Å². The summed E-state index contributed by atoms with van der Waals surface area (Å²) in [7, 11) is -4.55. The van der Waals surface area contributed by atoms with Gasteiger partial charge < -0.3 is 14.6 Å². The van der Waals surface area contributed by atoms with E-state index in [-0.39, 0.29) is 25.2 Å². The Hall–Kier alpha value is -1.86. The minimum atomic E-state index is -4.55. The van der Waals surface area contributed by atoms with Gasteiger partial charge in [0, 0.05) is 18.2 Å². The van der Waals surface area contributed by atoms with Crippen LogP contribution in [-0.2, 0) is 33.2 Å². The van der Waals surface area contributed by atoms with Gasteiger partial charge >= 0.3 is 19.0 Å². The highest BCUT2D eigenvalue weighted by atomic mass is 31.2. The summed E-state index contributed by atoms with van der Waals surface area (Å²) in [6.45, 7) is 4.01. The minimum Gasteiger partial charge on any atom is -0.454 e. The lowest BCUT2D eigenvalue weighted by molar-refractivity contribution is -0.261. The van der Waals surface area contributed by atoms with E-state index in [4.69, 9.17) is 9.47 Å². The molecule has 1 aliphatic rings. The molecule has 14 heteroatoms. The average molecular weight is 438 g/mol. The highest BCUT2D eigenvalue weighted by Crippen LogP contribution is 2.50. The molecule has 164 valence electrons. The molecule has 2 rings (SSSR count). The van der Waals surface area contributed by atoms with E-state index < -0.39 is 49.6 Å². The van der Waals surface area contributed by atoms with Gasteiger partial charge in [-0.1, -0.05) is 0 Å². The molecule has 1 aliphatic heterocycles. The van der Waals surface area contributed by atoms with Crippen LogP contribution in [0.15, 0.2) is 15.8 Å². The number of hydrogen-bond acceptors (Lipinski definition) is 11. The molecule has 1 aromatic heterocycles. The Bertz CT molecular complexity index is 855. The van der Waals surface area contributed by atoms with Crippen molar-refractivity contribution >= 4 is 13.3 Å². The van der Waals surface area contributed by atoms with E-state index in [1.807, 2.05) is 0 Å². The summed E-state index contributed by atoms with van der Waals surface area (Å²) >= 11 is 0. The zero-order chi connectivity index (χ0) is 21.6. The van der Waals surface area contributed by atoms with Gasteiger partial charge in [0.25, 0.3) is 5.56 Å². The van der Waals surface area contributed by atoms with Gasteiger partial charge in [0.15, 0.2) is 0 Å². The molecule has 0 radical (unpaired) electrons. The number of carbonyl (C=O) groups excluding carboxylic acids is 1. The molecule has 0 unspecified atom stereocenters. The van der Waals surface area contributed by atoms with Crippen molar-refractivity contribution in [2.24, 2.45) is 0 Å². The number of aromatic amines is 1. The zero-order valence-corrected chi connectivity index (χ0v) is 17.0. The summed E-state index contributed by atoms with van der Waals surface area (Å²) in [5.41, 5.74) is -2.37. The maximum atomic E-state index is 12.4. The number of ether oxygens (including phenoxy) is 2. The molecule has 0 amide bonds. The monoisotopic (exact) mass is 438 g/mol. The lowest BCUT2D eigenvalue weighted by atomic mass is 10.2. The number of nitrogens with zero attached hydrogens (tertiary/aromatic N) is 1. The predicted molar refractivity (Wildman–Crippen MR) is 95.0 cm³/mol. The molecule has 0 bridgehead atoms. The summed E-state index contributed by atoms with van der Waals surface area (Å²) < 4.78 is 32.8. The lowest BCUT2D eigenvalue weighted by Gasteiger charge is -2.18. The first kappa shape index (κ1) is 23.4. The lowest BCUT2D eigenvalue weighted by Crippen LogP contribution is -2.33. The van der Waals surface area contributed by atoms with Gasteiger partial charge in [-0.3, -0.25) is 14.3 Å². The Kier molecular flexibility index (Phi) is 8.28. The van der Waals surface area contributed by atoms with Crippen LogP contribution in [0, 0.1) is 6.92 Å². The highest BCUT2D eigenvalue weighted by Gasteiger charge is 2.43. The van der Waals surface area contributed by atoms with Crippen molar-refractivity contribution in [1.29, 1.82) is 0 Å². The van der Waals surface area contributed by atoms with Gasteiger partial charge in [0.1, 0.15) is 18.9 Å². The summed E-state index contributed by atoms with van der Waals surface area (Å²) in [6.07, 6.45) is -1.74. The molecule has 29 heavy (non-hydrogen) atoms. The molecule has 0 aliphatic carbocycles. The summed E-state index contributed by atoms with van der Waals surface area (Å²) in [5.74, 6) is 0. The number of H-pyrrole nitrogens is 1. The van der Waals surface area contributed by atoms with Gasteiger partial charge in [0.05, 0.1) is 19.3 Å². The molecule has 2 N–H and O–H groups in total. The van der Waals surface area contributed by atoms with Gasteiger partial charge in [-0.05, 0) is 20.8 Å². The van der Waals surface area contributed by atoms with Crippen LogP contribution in [0.5, 0.6) is 0 Å². The average Bonchev–Trinajstić information content (AvgIpc) is 3.05. The van der Waals surface area contributed by atoms with Crippen molar-refractivity contribution in [2.45, 2.75) is 45.6 Å². The van der Waals surface area contributed by atoms with E-state index in [0.717, 1.165) is 4.57 Å². The topological polar surface area (TPSA) is 165 Å². The Balaban J connectivity index is 2.02. The molecule has 1 aromatic rings. The van der Waals surface area contributed by atoms with Crippen LogP contribution in [0.4, 0.5) is 4.79 Å². The number of aryl methyl sites for hydroxylation is 1. The molecular formula is C15H23N2O11P. The molecule has 3 atom stereocenters. The quantitative estimate of drug-likeness (QED) is 0.301. The maximum absolute atomic E-state index is 12.4. The van der Waals surface area contributed by atoms with E-state index in [1.54, 1.807) is 0 Å². The van der Waals surface area contributed by atoms with Crippen LogP contribution in [-0.4, -0.2) is 52.4 Å². The van der Waals surface area contributed by atoms with E-state index in [2.05, 4.69) is 24.1 Å². The molecular weight excluding hydrogens is 415 g/mol. The first-order chi connectivity index (χ1) is 13.7. The van der Waals surface area contributed by atoms with Crippen molar-refractivity contribution in [3.8, 4) is 0 Å². The normalized spacial score (nSPS) is 22.0. The molecule has 1 fully saturated rings. The number of carbonyl (C=O) groups is 1. The zero-order valence-electron chi connectivity index (χ0n) is 16.1. The van der Waals surface area contributed by atoms with E-state index in [1.165, 1.54) is 27.0 Å². The Morgan fingerprint density at radius 1 is 1.31 bits per heavy atom. The Morgan fingerprint density at radius 2 is 1.93 bits per heavy atom. The fraction of sp³-hybridized carbons (Fsp3) is 0.667. The van der Waals surface area contributed by atoms with Crippen molar-refractivity contribution in [1.82, 2.24) is 9.55 Å². The number of aliphatic hydroxyl groups is 1. The standard InChI is InChI=1S/C15H23N2O11P/c1-4-24-27-29(22,28-25-5-2)15(21)23-8-11-10(18)6-12(26-11)17-7-9(3)13(19)16-14(17)20/h7,10-12,18H,4-6,8H2,1-3H3,(H,16,19,20)/t10-,11+,12+/m0/s1. The second-order valence-electron chi connectivity index (χ2n) is 5.95. The third-order valence-corrected chi connectivity index (χ3v) is 4.97. The molecule has 0 saturated carbocycles. The van der Waals surface area contributed by atoms with Crippen molar-refractivity contribution in [2.75, 3.05) is 19.8 Å². The number of aromatic nitrogens is 2. The van der Waals surface area contributed by atoms with Crippen LogP contribution in [0.2, 0.25) is 0 Å². The second kappa shape index (κ2) is 10.3. The van der Waals surface area contributed by atoms with E-state index >= 15 is 0 Å². The molecule has 2 heterocycles. The summed E-state index contributed by atoms with van der Waals surface area (Å²) in [5, 5.41) is 10.1. The first-order valence-corrected chi connectivity index (χ1v) is 10.3. The van der Waals surface area contributed by atoms with Crippen molar-refractivity contribution in [3.05, 3.63) is 32.6 Å². The fourth-order valence-electron chi connectivity index (χ4n) is 2.39.